The van der Waals surface area contributed by atoms with Gasteiger partial charge in [-0.1, -0.05) is 37.3 Å². The number of nitriles is 3. The predicted molar refractivity (Wildman–Crippen MR) is 83.1 cm³/mol. The molecule has 2 fully saturated rings. The third-order valence-electron chi connectivity index (χ3n) is 5.37. The van der Waals surface area contributed by atoms with Gasteiger partial charge in [0.2, 0.25) is 11.7 Å². The number of ether oxygens (including phenoxy) is 2. The highest BCUT2D eigenvalue weighted by Crippen LogP contribution is 2.62. The first-order valence-corrected chi connectivity index (χ1v) is 7.63. The van der Waals surface area contributed by atoms with Crippen LogP contribution in [0.5, 0.6) is 0 Å². The first kappa shape index (κ1) is 16.0. The largest absolute Gasteiger partial charge is 0.448 e. The van der Waals surface area contributed by atoms with Gasteiger partial charge in [-0.3, -0.25) is 5.41 Å². The molecule has 2 aliphatic rings. The monoisotopic (exact) mass is 320 g/mol. The molecule has 2 saturated heterocycles. The Morgan fingerprint density at radius 1 is 1.12 bits per heavy atom. The number of nitrogens with one attached hydrogen (secondary N) is 1. The molecule has 2 aliphatic heterocycles. The fourth-order valence-electron chi connectivity index (χ4n) is 3.84. The van der Waals surface area contributed by atoms with Crippen LogP contribution in [0.1, 0.15) is 19.4 Å². The van der Waals surface area contributed by atoms with Crippen molar-refractivity contribution in [3.05, 3.63) is 35.9 Å². The summed E-state index contributed by atoms with van der Waals surface area (Å²) in [6.45, 7) is 3.34. The standard InChI is InChI=1S/C18H16N4O2/c1-12-16(2)23-14(8-13-6-4-3-5-7-13)17(9-19,10-20)18(12,11-21)15(22)24-16/h3-7,12,14,22H,8H2,1-2H3. The lowest BCUT2D eigenvalue weighted by atomic mass is 9.54. The summed E-state index contributed by atoms with van der Waals surface area (Å²) in [4.78, 5) is 0. The topological polar surface area (TPSA) is 114 Å². The second-order valence-electron chi connectivity index (χ2n) is 6.42. The highest BCUT2D eigenvalue weighted by Gasteiger charge is 2.77. The van der Waals surface area contributed by atoms with Crippen LogP contribution in [-0.4, -0.2) is 17.8 Å². The average Bonchev–Trinajstić information content (AvgIpc) is 2.72. The summed E-state index contributed by atoms with van der Waals surface area (Å²) in [5, 5.41) is 37.8. The molecular weight excluding hydrogens is 304 g/mol. The lowest BCUT2D eigenvalue weighted by Crippen LogP contribution is -2.61. The van der Waals surface area contributed by atoms with E-state index in [-0.39, 0.29) is 12.3 Å². The van der Waals surface area contributed by atoms with Crippen molar-refractivity contribution in [2.24, 2.45) is 16.7 Å². The fourth-order valence-corrected chi connectivity index (χ4v) is 3.84. The highest BCUT2D eigenvalue weighted by molar-refractivity contribution is 5.89. The molecule has 1 aromatic carbocycles. The van der Waals surface area contributed by atoms with E-state index in [0.29, 0.717) is 0 Å². The Labute approximate surface area is 140 Å². The molecule has 2 heterocycles. The molecule has 6 heteroatoms. The van der Waals surface area contributed by atoms with Crippen LogP contribution in [-0.2, 0) is 15.9 Å². The van der Waals surface area contributed by atoms with Gasteiger partial charge >= 0.3 is 0 Å². The zero-order valence-electron chi connectivity index (χ0n) is 13.4. The summed E-state index contributed by atoms with van der Waals surface area (Å²) in [5.41, 5.74) is -2.58. The van der Waals surface area contributed by atoms with Crippen molar-refractivity contribution < 1.29 is 9.47 Å². The van der Waals surface area contributed by atoms with E-state index in [1.165, 1.54) is 0 Å². The van der Waals surface area contributed by atoms with Crippen LogP contribution in [0, 0.1) is 56.2 Å². The minimum atomic E-state index is -1.82. The molecule has 0 aliphatic carbocycles. The van der Waals surface area contributed by atoms with Gasteiger partial charge in [0.05, 0.1) is 24.1 Å². The van der Waals surface area contributed by atoms with E-state index in [4.69, 9.17) is 14.9 Å². The van der Waals surface area contributed by atoms with E-state index in [1.807, 2.05) is 42.5 Å². The number of nitrogens with zero attached hydrogens (tertiary/aromatic N) is 3. The highest BCUT2D eigenvalue weighted by atomic mass is 16.7. The number of rotatable bonds is 2. The molecule has 120 valence electrons. The molecule has 4 unspecified atom stereocenters. The first-order valence-electron chi connectivity index (χ1n) is 7.63. The van der Waals surface area contributed by atoms with Crippen molar-refractivity contribution >= 4 is 5.90 Å². The van der Waals surface area contributed by atoms with E-state index in [9.17, 15) is 15.8 Å². The molecule has 1 aromatic rings. The number of fused-ring (bicyclic) bond motifs is 2. The summed E-state index contributed by atoms with van der Waals surface area (Å²) >= 11 is 0. The molecule has 0 saturated carbocycles. The first-order chi connectivity index (χ1) is 11.4. The van der Waals surface area contributed by atoms with Gasteiger partial charge < -0.3 is 9.47 Å². The Kier molecular flexibility index (Phi) is 3.37. The van der Waals surface area contributed by atoms with Crippen LogP contribution >= 0.6 is 0 Å². The van der Waals surface area contributed by atoms with E-state index >= 15 is 0 Å². The third kappa shape index (κ3) is 1.68. The van der Waals surface area contributed by atoms with Gasteiger partial charge in [-0.15, -0.1) is 0 Å². The van der Waals surface area contributed by atoms with Crippen molar-refractivity contribution in [1.82, 2.24) is 0 Å². The van der Waals surface area contributed by atoms with Gasteiger partial charge in [0.15, 0.2) is 10.8 Å². The van der Waals surface area contributed by atoms with Gasteiger partial charge in [0.1, 0.15) is 6.10 Å². The molecule has 6 nitrogen and oxygen atoms in total. The van der Waals surface area contributed by atoms with Crippen molar-refractivity contribution in [1.29, 1.82) is 21.2 Å². The lowest BCUT2D eigenvalue weighted by Gasteiger charge is -2.47. The molecule has 0 radical (unpaired) electrons. The maximum atomic E-state index is 9.88. The van der Waals surface area contributed by atoms with Crippen LogP contribution in [0.3, 0.4) is 0 Å². The van der Waals surface area contributed by atoms with Gasteiger partial charge in [0, 0.05) is 13.3 Å². The quantitative estimate of drug-likeness (QED) is 0.899. The van der Waals surface area contributed by atoms with E-state index < -0.39 is 28.6 Å². The Morgan fingerprint density at radius 3 is 2.29 bits per heavy atom. The summed E-state index contributed by atoms with van der Waals surface area (Å²) in [5.74, 6) is -2.18. The molecule has 4 atom stereocenters. The fraction of sp³-hybridized carbons (Fsp3) is 0.444. The molecule has 24 heavy (non-hydrogen) atoms. The predicted octanol–water partition coefficient (Wildman–Crippen LogP) is 2.53. The van der Waals surface area contributed by atoms with Gasteiger partial charge in [0.25, 0.3) is 0 Å². The summed E-state index contributed by atoms with van der Waals surface area (Å²) in [6.07, 6.45) is -0.594. The van der Waals surface area contributed by atoms with Crippen molar-refractivity contribution in [3.63, 3.8) is 0 Å². The van der Waals surface area contributed by atoms with E-state index in [1.54, 1.807) is 13.8 Å². The maximum Gasteiger partial charge on any atom is 0.214 e. The van der Waals surface area contributed by atoms with Crippen molar-refractivity contribution in [2.45, 2.75) is 32.2 Å². The zero-order chi connectivity index (χ0) is 17.6. The summed E-state index contributed by atoms with van der Waals surface area (Å²) in [6, 6.07) is 15.4. The minimum Gasteiger partial charge on any atom is -0.448 e. The molecule has 0 aromatic heterocycles. The van der Waals surface area contributed by atoms with Crippen LogP contribution in [0.15, 0.2) is 30.3 Å². The third-order valence-corrected chi connectivity index (χ3v) is 5.37. The van der Waals surface area contributed by atoms with Crippen LogP contribution in [0.2, 0.25) is 0 Å². The van der Waals surface area contributed by atoms with Crippen LogP contribution in [0.25, 0.3) is 0 Å². The van der Waals surface area contributed by atoms with E-state index in [2.05, 4.69) is 6.07 Å². The van der Waals surface area contributed by atoms with Gasteiger partial charge in [-0.05, 0) is 5.56 Å². The number of hydrogen-bond acceptors (Lipinski definition) is 6. The SMILES string of the molecule is CC1C2(C)OC(=N)C1(C#N)C(C#N)(C#N)C(Cc1ccccc1)O2. The Balaban J connectivity index is 2.18. The molecule has 1 N–H and O–H groups in total. The number of benzene rings is 1. The Bertz CT molecular complexity index is 802. The van der Waals surface area contributed by atoms with Crippen LogP contribution < -0.4 is 0 Å². The second kappa shape index (κ2) is 5.06. The Hall–Kier alpha value is -2.88. The smallest absolute Gasteiger partial charge is 0.214 e. The zero-order valence-corrected chi connectivity index (χ0v) is 13.4. The molecule has 0 spiro atoms. The second-order valence-corrected chi connectivity index (χ2v) is 6.42. The minimum absolute atomic E-state index is 0.282. The molecular formula is C18H16N4O2. The van der Waals surface area contributed by atoms with Crippen molar-refractivity contribution in [3.8, 4) is 18.2 Å². The molecule has 2 bridgehead atoms. The lowest BCUT2D eigenvalue weighted by molar-refractivity contribution is -0.265. The average molecular weight is 320 g/mol. The van der Waals surface area contributed by atoms with Crippen LogP contribution in [0.4, 0.5) is 0 Å². The number of hydrogen-bond donors (Lipinski definition) is 1. The van der Waals surface area contributed by atoms with Crippen molar-refractivity contribution in [2.75, 3.05) is 0 Å². The Morgan fingerprint density at radius 2 is 1.75 bits per heavy atom. The maximum absolute atomic E-state index is 9.88. The van der Waals surface area contributed by atoms with Gasteiger partial charge in [-0.25, -0.2) is 0 Å². The van der Waals surface area contributed by atoms with E-state index in [0.717, 1.165) is 5.56 Å². The molecule has 0 amide bonds. The summed E-state index contributed by atoms with van der Waals surface area (Å²) < 4.78 is 11.6. The molecule has 3 rings (SSSR count). The van der Waals surface area contributed by atoms with Gasteiger partial charge in [-0.2, -0.15) is 15.8 Å². The summed E-state index contributed by atoms with van der Waals surface area (Å²) in [7, 11) is 0. The normalized spacial score (nSPS) is 36.0.